The van der Waals surface area contributed by atoms with E-state index >= 15 is 0 Å². The maximum Gasteiger partial charge on any atom is 0.418 e. The van der Waals surface area contributed by atoms with Crippen LogP contribution in [0.3, 0.4) is 0 Å². The van der Waals surface area contributed by atoms with Crippen LogP contribution in [0.1, 0.15) is 24.0 Å². The first-order chi connectivity index (χ1) is 12.2. The molecule has 140 valence electrons. The van der Waals surface area contributed by atoms with Gasteiger partial charge < -0.3 is 15.3 Å². The molecule has 9 heteroatoms. The lowest BCUT2D eigenvalue weighted by Crippen LogP contribution is -2.39. The highest BCUT2D eigenvalue weighted by molar-refractivity contribution is 5.66. The zero-order valence-corrected chi connectivity index (χ0v) is 14.5. The normalized spacial score (nSPS) is 18.7. The van der Waals surface area contributed by atoms with Crippen LogP contribution >= 0.6 is 0 Å². The number of likely N-dealkylation sites (tertiary alicyclic amines) is 1. The lowest BCUT2D eigenvalue weighted by Gasteiger charge is -2.30. The molecule has 0 spiro atoms. The second-order valence-corrected chi connectivity index (χ2v) is 6.60. The Morgan fingerprint density at radius 2 is 2.00 bits per heavy atom. The molecule has 1 aliphatic heterocycles. The van der Waals surface area contributed by atoms with E-state index < -0.39 is 17.5 Å². The summed E-state index contributed by atoms with van der Waals surface area (Å²) in [6, 6.07) is 2.68. The van der Waals surface area contributed by atoms with Gasteiger partial charge in [0, 0.05) is 18.8 Å². The maximum absolute atomic E-state index is 12.7. The summed E-state index contributed by atoms with van der Waals surface area (Å²) in [5.74, 6) is 0.0183. The van der Waals surface area contributed by atoms with Gasteiger partial charge in [0.25, 0.3) is 0 Å². The van der Waals surface area contributed by atoms with Gasteiger partial charge in [-0.15, -0.1) is 10.2 Å². The standard InChI is InChI=1S/C17H20F3N5O/c1-10-6-14(22-12-4-3-5-25(2)9-12)23-24-15(10)16-13(26)7-11(8-21-16)17(18,19)20/h6-8,12,26H,3-5,9H2,1-2H3,(H,22,23)/t12-/m1/s1. The Kier molecular flexibility index (Phi) is 4.99. The smallest absolute Gasteiger partial charge is 0.418 e. The van der Waals surface area contributed by atoms with Crippen LogP contribution in [0.5, 0.6) is 5.75 Å². The molecule has 0 amide bonds. The summed E-state index contributed by atoms with van der Waals surface area (Å²) >= 11 is 0. The molecule has 0 bridgehead atoms. The number of hydrogen-bond acceptors (Lipinski definition) is 6. The van der Waals surface area contributed by atoms with Crippen LogP contribution in [-0.2, 0) is 6.18 Å². The fourth-order valence-electron chi connectivity index (χ4n) is 3.07. The second-order valence-electron chi connectivity index (χ2n) is 6.60. The number of anilines is 1. The van der Waals surface area contributed by atoms with Crippen LogP contribution in [0.25, 0.3) is 11.4 Å². The number of pyridine rings is 1. The number of nitrogens with zero attached hydrogens (tertiary/aromatic N) is 4. The summed E-state index contributed by atoms with van der Waals surface area (Å²) in [5.41, 5.74) is -0.118. The van der Waals surface area contributed by atoms with E-state index in [9.17, 15) is 18.3 Å². The zero-order valence-electron chi connectivity index (χ0n) is 14.5. The van der Waals surface area contributed by atoms with E-state index in [0.29, 0.717) is 23.6 Å². The molecule has 0 radical (unpaired) electrons. The number of hydrogen-bond donors (Lipinski definition) is 2. The highest BCUT2D eigenvalue weighted by Gasteiger charge is 2.32. The first kappa shape index (κ1) is 18.4. The van der Waals surface area contributed by atoms with Gasteiger partial charge in [0.1, 0.15) is 23.0 Å². The van der Waals surface area contributed by atoms with Crippen molar-refractivity contribution < 1.29 is 18.3 Å². The molecule has 1 atom stereocenters. The van der Waals surface area contributed by atoms with Gasteiger partial charge in [-0.05, 0) is 51.1 Å². The maximum atomic E-state index is 12.7. The molecule has 6 nitrogen and oxygen atoms in total. The first-order valence-electron chi connectivity index (χ1n) is 8.30. The molecule has 0 aliphatic carbocycles. The summed E-state index contributed by atoms with van der Waals surface area (Å²) in [6.45, 7) is 3.73. The SMILES string of the molecule is Cc1cc(N[C@@H]2CCCN(C)C2)nnc1-c1ncc(C(F)(F)F)cc1O. The Bertz CT molecular complexity index is 796. The topological polar surface area (TPSA) is 74.2 Å². The Hall–Kier alpha value is -2.42. The largest absolute Gasteiger partial charge is 0.506 e. The number of piperidine rings is 1. The molecule has 0 unspecified atom stereocenters. The van der Waals surface area contributed by atoms with Gasteiger partial charge in [-0.2, -0.15) is 13.2 Å². The van der Waals surface area contributed by atoms with Gasteiger partial charge in [-0.3, -0.25) is 0 Å². The summed E-state index contributed by atoms with van der Waals surface area (Å²) in [4.78, 5) is 5.97. The first-order valence-corrected chi connectivity index (χ1v) is 8.30. The monoisotopic (exact) mass is 367 g/mol. The molecule has 0 aromatic carbocycles. The molecule has 1 fully saturated rings. The van der Waals surface area contributed by atoms with Crippen molar-refractivity contribution >= 4 is 5.82 Å². The third kappa shape index (κ3) is 4.04. The summed E-state index contributed by atoms with van der Waals surface area (Å²) in [5, 5.41) is 21.4. The molecular weight excluding hydrogens is 347 g/mol. The van der Waals surface area contributed by atoms with Crippen LogP contribution in [0.4, 0.5) is 19.0 Å². The number of nitrogens with one attached hydrogen (secondary N) is 1. The lowest BCUT2D eigenvalue weighted by atomic mass is 10.1. The van der Waals surface area contributed by atoms with E-state index in [1.54, 1.807) is 13.0 Å². The van der Waals surface area contributed by atoms with Gasteiger partial charge in [0.2, 0.25) is 0 Å². The van der Waals surface area contributed by atoms with Gasteiger partial charge in [-0.25, -0.2) is 4.98 Å². The van der Waals surface area contributed by atoms with Crippen LogP contribution < -0.4 is 5.32 Å². The average Bonchev–Trinajstić information content (AvgIpc) is 2.55. The zero-order chi connectivity index (χ0) is 18.9. The molecule has 2 aromatic rings. The fourth-order valence-corrected chi connectivity index (χ4v) is 3.07. The Morgan fingerprint density at radius 3 is 2.62 bits per heavy atom. The number of likely N-dealkylation sites (N-methyl/N-ethyl adjacent to an activating group) is 1. The van der Waals surface area contributed by atoms with Crippen molar-refractivity contribution in [3.05, 3.63) is 29.5 Å². The highest BCUT2D eigenvalue weighted by Crippen LogP contribution is 2.35. The molecule has 3 heterocycles. The quantitative estimate of drug-likeness (QED) is 0.869. The van der Waals surface area contributed by atoms with Crippen molar-refractivity contribution in [2.24, 2.45) is 0 Å². The van der Waals surface area contributed by atoms with Crippen LogP contribution in [0.15, 0.2) is 18.3 Å². The van der Waals surface area contributed by atoms with Crippen molar-refractivity contribution in [2.75, 3.05) is 25.5 Å². The van der Waals surface area contributed by atoms with Gasteiger partial charge in [0.15, 0.2) is 0 Å². The van der Waals surface area contributed by atoms with Crippen molar-refractivity contribution in [3.8, 4) is 17.1 Å². The second kappa shape index (κ2) is 7.06. The summed E-state index contributed by atoms with van der Waals surface area (Å²) < 4.78 is 38.1. The fraction of sp³-hybridized carbons (Fsp3) is 0.471. The van der Waals surface area contributed by atoms with Crippen molar-refractivity contribution in [1.29, 1.82) is 0 Å². The van der Waals surface area contributed by atoms with Gasteiger partial charge in [-0.1, -0.05) is 0 Å². The molecule has 1 saturated heterocycles. The van der Waals surface area contributed by atoms with Crippen LogP contribution in [0, 0.1) is 6.92 Å². The molecule has 2 aromatic heterocycles. The molecule has 26 heavy (non-hydrogen) atoms. The van der Waals surface area contributed by atoms with E-state index in [-0.39, 0.29) is 17.4 Å². The van der Waals surface area contributed by atoms with Crippen molar-refractivity contribution in [2.45, 2.75) is 32.0 Å². The number of halogens is 3. The summed E-state index contributed by atoms with van der Waals surface area (Å²) in [6.07, 6.45) is -1.75. The van der Waals surface area contributed by atoms with Crippen LogP contribution in [-0.4, -0.2) is 51.4 Å². The number of aryl methyl sites for hydroxylation is 1. The highest BCUT2D eigenvalue weighted by atomic mass is 19.4. The molecule has 0 saturated carbocycles. The summed E-state index contributed by atoms with van der Waals surface area (Å²) in [7, 11) is 2.06. The predicted octanol–water partition coefficient (Wildman–Crippen LogP) is 3.08. The third-order valence-corrected chi connectivity index (χ3v) is 4.38. The number of rotatable bonds is 3. The molecule has 1 aliphatic rings. The van der Waals surface area contributed by atoms with E-state index in [4.69, 9.17) is 0 Å². The van der Waals surface area contributed by atoms with E-state index in [1.165, 1.54) is 0 Å². The van der Waals surface area contributed by atoms with Gasteiger partial charge in [0.05, 0.1) is 5.56 Å². The van der Waals surface area contributed by atoms with Gasteiger partial charge >= 0.3 is 6.18 Å². The van der Waals surface area contributed by atoms with Crippen molar-refractivity contribution in [3.63, 3.8) is 0 Å². The minimum Gasteiger partial charge on any atom is -0.506 e. The lowest BCUT2D eigenvalue weighted by molar-refractivity contribution is -0.137. The molecule has 2 N–H and O–H groups in total. The number of aromatic nitrogens is 3. The molecule has 3 rings (SSSR count). The molecular formula is C17H20F3N5O. The van der Waals surface area contributed by atoms with Crippen molar-refractivity contribution in [1.82, 2.24) is 20.1 Å². The third-order valence-electron chi connectivity index (χ3n) is 4.38. The number of aromatic hydroxyl groups is 1. The minimum absolute atomic E-state index is 0.0213. The Morgan fingerprint density at radius 1 is 1.23 bits per heavy atom. The minimum atomic E-state index is -4.56. The van der Waals surface area contributed by atoms with E-state index in [2.05, 4.69) is 32.4 Å². The number of alkyl halides is 3. The van der Waals surface area contributed by atoms with Crippen LogP contribution in [0.2, 0.25) is 0 Å². The Balaban J connectivity index is 1.81. The van der Waals surface area contributed by atoms with E-state index in [1.807, 2.05) is 0 Å². The average molecular weight is 367 g/mol. The predicted molar refractivity (Wildman–Crippen MR) is 90.8 cm³/mol. The Labute approximate surface area is 149 Å². The van der Waals surface area contributed by atoms with E-state index in [0.717, 1.165) is 25.9 Å².